The van der Waals surface area contributed by atoms with E-state index in [-0.39, 0.29) is 0 Å². The molecular formula is C14H20N2O6. The van der Waals surface area contributed by atoms with Crippen LogP contribution in [0.1, 0.15) is 13.8 Å². The molecule has 0 heterocycles. The lowest BCUT2D eigenvalue weighted by Crippen LogP contribution is -2.34. The zero-order valence-corrected chi connectivity index (χ0v) is 13.2. The van der Waals surface area contributed by atoms with Crippen molar-refractivity contribution >= 4 is 17.5 Å². The predicted molar refractivity (Wildman–Crippen MR) is 79.1 cm³/mol. The van der Waals surface area contributed by atoms with Crippen molar-refractivity contribution in [3.8, 4) is 17.2 Å². The Hall–Kier alpha value is -2.48. The lowest BCUT2D eigenvalue weighted by Gasteiger charge is -2.16. The maximum Gasteiger partial charge on any atom is 0.255 e. The van der Waals surface area contributed by atoms with Crippen LogP contribution in [0, 0.1) is 0 Å². The minimum Gasteiger partial charge on any atom is -0.493 e. The highest BCUT2D eigenvalue weighted by Crippen LogP contribution is 2.39. The van der Waals surface area contributed by atoms with Crippen LogP contribution in [0.2, 0.25) is 0 Å². The Bertz CT molecular complexity index is 521. The molecule has 8 nitrogen and oxygen atoms in total. The zero-order chi connectivity index (χ0) is 16.7. The third kappa shape index (κ3) is 4.52. The van der Waals surface area contributed by atoms with Crippen LogP contribution in [0.3, 0.4) is 0 Å². The number of hydrogen-bond donors (Lipinski definition) is 2. The SMILES string of the molecule is COc1cc(NC(=O)C(C)ONC(C)=O)cc(OC)c1OC. The van der Waals surface area contributed by atoms with Gasteiger partial charge in [-0.25, -0.2) is 5.48 Å². The third-order valence-electron chi connectivity index (χ3n) is 2.68. The molecule has 22 heavy (non-hydrogen) atoms. The molecule has 2 amide bonds. The first-order valence-corrected chi connectivity index (χ1v) is 6.46. The number of benzene rings is 1. The van der Waals surface area contributed by atoms with Gasteiger partial charge in [0.2, 0.25) is 11.7 Å². The molecule has 0 aliphatic rings. The standard InChI is InChI=1S/C14H20N2O6/c1-8(22-16-9(2)17)14(18)15-10-6-11(19-3)13(21-5)12(7-10)20-4/h6-8H,1-5H3,(H,15,18)(H,16,17). The van der Waals surface area contributed by atoms with Crippen molar-refractivity contribution in [1.29, 1.82) is 0 Å². The van der Waals surface area contributed by atoms with Gasteiger partial charge in [-0.15, -0.1) is 0 Å². The van der Waals surface area contributed by atoms with E-state index in [2.05, 4.69) is 10.8 Å². The molecule has 0 spiro atoms. The second-order valence-electron chi connectivity index (χ2n) is 4.32. The smallest absolute Gasteiger partial charge is 0.255 e. The average Bonchev–Trinajstić information content (AvgIpc) is 2.51. The molecule has 0 saturated carbocycles. The van der Waals surface area contributed by atoms with E-state index in [4.69, 9.17) is 19.0 Å². The molecule has 122 valence electrons. The van der Waals surface area contributed by atoms with Gasteiger partial charge < -0.3 is 19.5 Å². The highest BCUT2D eigenvalue weighted by Gasteiger charge is 2.18. The molecule has 0 saturated heterocycles. The molecule has 2 N–H and O–H groups in total. The van der Waals surface area contributed by atoms with Gasteiger partial charge in [-0.2, -0.15) is 0 Å². The Morgan fingerprint density at radius 1 is 1.05 bits per heavy atom. The summed E-state index contributed by atoms with van der Waals surface area (Å²) in [7, 11) is 4.44. The van der Waals surface area contributed by atoms with E-state index >= 15 is 0 Å². The molecule has 1 unspecified atom stereocenters. The first-order valence-electron chi connectivity index (χ1n) is 6.46. The molecule has 1 atom stereocenters. The average molecular weight is 312 g/mol. The Kier molecular flexibility index (Phi) is 6.46. The van der Waals surface area contributed by atoms with E-state index in [0.717, 1.165) is 0 Å². The molecule has 8 heteroatoms. The molecule has 1 aromatic rings. The second kappa shape index (κ2) is 8.08. The van der Waals surface area contributed by atoms with Crippen LogP contribution in [0.4, 0.5) is 5.69 Å². The second-order valence-corrected chi connectivity index (χ2v) is 4.32. The van der Waals surface area contributed by atoms with E-state index < -0.39 is 17.9 Å². The molecule has 0 radical (unpaired) electrons. The summed E-state index contributed by atoms with van der Waals surface area (Å²) in [6, 6.07) is 3.18. The van der Waals surface area contributed by atoms with E-state index in [1.54, 1.807) is 12.1 Å². The van der Waals surface area contributed by atoms with Gasteiger partial charge in [0.15, 0.2) is 17.6 Å². The van der Waals surface area contributed by atoms with Gasteiger partial charge in [0.1, 0.15) is 0 Å². The van der Waals surface area contributed by atoms with Gasteiger partial charge >= 0.3 is 0 Å². The third-order valence-corrected chi connectivity index (χ3v) is 2.68. The fourth-order valence-electron chi connectivity index (χ4n) is 1.62. The maximum atomic E-state index is 12.0. The van der Waals surface area contributed by atoms with Crippen molar-refractivity contribution in [1.82, 2.24) is 5.48 Å². The van der Waals surface area contributed by atoms with E-state index in [1.807, 2.05) is 0 Å². The Morgan fingerprint density at radius 2 is 1.59 bits per heavy atom. The van der Waals surface area contributed by atoms with Crippen LogP contribution < -0.4 is 25.0 Å². The van der Waals surface area contributed by atoms with Gasteiger partial charge in [-0.3, -0.25) is 14.4 Å². The number of hydrogen-bond acceptors (Lipinski definition) is 6. The topological polar surface area (TPSA) is 95.1 Å². The Morgan fingerprint density at radius 3 is 2.00 bits per heavy atom. The van der Waals surface area contributed by atoms with Crippen LogP contribution in [0.25, 0.3) is 0 Å². The number of ether oxygens (including phenoxy) is 3. The number of rotatable bonds is 7. The maximum absolute atomic E-state index is 12.0. The summed E-state index contributed by atoms with van der Waals surface area (Å²) in [5.41, 5.74) is 2.55. The van der Waals surface area contributed by atoms with Crippen LogP contribution in [-0.4, -0.2) is 39.2 Å². The number of amides is 2. The quantitative estimate of drug-likeness (QED) is 0.732. The molecule has 0 aliphatic heterocycles. The molecule has 1 rings (SSSR count). The first kappa shape index (κ1) is 17.6. The van der Waals surface area contributed by atoms with Gasteiger partial charge in [0.25, 0.3) is 5.91 Å². The highest BCUT2D eigenvalue weighted by atomic mass is 16.7. The first-order chi connectivity index (χ1) is 10.4. The highest BCUT2D eigenvalue weighted by molar-refractivity contribution is 5.94. The van der Waals surface area contributed by atoms with Gasteiger partial charge in [-0.05, 0) is 6.92 Å². The predicted octanol–water partition coefficient (Wildman–Crippen LogP) is 1.11. The lowest BCUT2D eigenvalue weighted by molar-refractivity contribution is -0.142. The summed E-state index contributed by atoms with van der Waals surface area (Å²) in [5, 5.41) is 2.64. The van der Waals surface area contributed by atoms with Gasteiger partial charge in [0, 0.05) is 24.7 Å². The molecule has 0 fully saturated rings. The van der Waals surface area contributed by atoms with Crippen LogP contribution in [0.5, 0.6) is 17.2 Å². The fourth-order valence-corrected chi connectivity index (χ4v) is 1.62. The minimum atomic E-state index is -0.872. The monoisotopic (exact) mass is 312 g/mol. The Balaban J connectivity index is 2.88. The van der Waals surface area contributed by atoms with Crippen molar-refractivity contribution in [2.75, 3.05) is 26.6 Å². The summed E-state index contributed by atoms with van der Waals surface area (Å²) >= 11 is 0. The van der Waals surface area contributed by atoms with Crippen molar-refractivity contribution in [2.45, 2.75) is 20.0 Å². The number of nitrogens with one attached hydrogen (secondary N) is 2. The van der Waals surface area contributed by atoms with Crippen LogP contribution >= 0.6 is 0 Å². The zero-order valence-electron chi connectivity index (χ0n) is 13.2. The summed E-state index contributed by atoms with van der Waals surface area (Å²) in [6.07, 6.45) is -0.872. The molecule has 1 aromatic carbocycles. The lowest BCUT2D eigenvalue weighted by atomic mass is 10.2. The van der Waals surface area contributed by atoms with Crippen molar-refractivity contribution in [3.05, 3.63) is 12.1 Å². The molecule has 0 aliphatic carbocycles. The Labute approximate surface area is 128 Å². The summed E-state index contributed by atoms with van der Waals surface area (Å²) in [4.78, 5) is 27.6. The van der Waals surface area contributed by atoms with Crippen molar-refractivity contribution in [2.24, 2.45) is 0 Å². The van der Waals surface area contributed by atoms with Gasteiger partial charge in [0.05, 0.1) is 21.3 Å². The summed E-state index contributed by atoms with van der Waals surface area (Å²) in [5.74, 6) is 0.404. The molecular weight excluding hydrogens is 292 g/mol. The minimum absolute atomic E-state index is 0.396. The number of hydroxylamine groups is 1. The van der Waals surface area contributed by atoms with Crippen LogP contribution in [0.15, 0.2) is 12.1 Å². The number of carbonyl (C=O) groups excluding carboxylic acids is 2. The van der Waals surface area contributed by atoms with Crippen molar-refractivity contribution < 1.29 is 28.6 Å². The summed E-state index contributed by atoms with van der Waals surface area (Å²) in [6.45, 7) is 2.78. The van der Waals surface area contributed by atoms with Crippen molar-refractivity contribution in [3.63, 3.8) is 0 Å². The molecule has 0 bridgehead atoms. The van der Waals surface area contributed by atoms with E-state index in [0.29, 0.717) is 22.9 Å². The largest absolute Gasteiger partial charge is 0.493 e. The van der Waals surface area contributed by atoms with Gasteiger partial charge in [-0.1, -0.05) is 0 Å². The van der Waals surface area contributed by atoms with E-state index in [9.17, 15) is 9.59 Å². The van der Waals surface area contributed by atoms with Crippen LogP contribution in [-0.2, 0) is 14.4 Å². The summed E-state index contributed by atoms with van der Waals surface area (Å²) < 4.78 is 15.6. The number of carbonyl (C=O) groups is 2. The normalized spacial score (nSPS) is 11.3. The number of anilines is 1. The van der Waals surface area contributed by atoms with E-state index in [1.165, 1.54) is 35.2 Å². The molecule has 0 aromatic heterocycles. The number of methoxy groups -OCH3 is 3. The fraction of sp³-hybridized carbons (Fsp3) is 0.429.